The fourth-order valence-corrected chi connectivity index (χ4v) is 3.13. The molecule has 1 aliphatic heterocycles. The van der Waals surface area contributed by atoms with Gasteiger partial charge in [0.1, 0.15) is 5.82 Å². The average molecular weight is 355 g/mol. The third-order valence-corrected chi connectivity index (χ3v) is 4.57. The minimum atomic E-state index is -0.643. The zero-order chi connectivity index (χ0) is 18.5. The van der Waals surface area contributed by atoms with E-state index >= 15 is 0 Å². The predicted octanol–water partition coefficient (Wildman–Crippen LogP) is 1.79. The number of carbonyl (C=O) groups is 2. The molecule has 3 N–H and O–H groups in total. The van der Waals surface area contributed by atoms with Crippen LogP contribution in [0.2, 0.25) is 0 Å². The van der Waals surface area contributed by atoms with Crippen molar-refractivity contribution in [1.82, 2.24) is 10.2 Å². The minimum Gasteiger partial charge on any atom is -0.341 e. The molecule has 1 saturated heterocycles. The van der Waals surface area contributed by atoms with Crippen molar-refractivity contribution in [3.63, 3.8) is 0 Å². The fourth-order valence-electron chi connectivity index (χ4n) is 3.13. The van der Waals surface area contributed by atoms with Crippen molar-refractivity contribution in [3.8, 4) is 0 Å². The van der Waals surface area contributed by atoms with Gasteiger partial charge in [-0.2, -0.15) is 0 Å². The molecule has 0 spiro atoms. The molecule has 6 heteroatoms. The van der Waals surface area contributed by atoms with Gasteiger partial charge in [0, 0.05) is 19.1 Å². The lowest BCUT2D eigenvalue weighted by atomic mass is 9.98. The topological polar surface area (TPSA) is 75.4 Å². The smallest absolute Gasteiger partial charge is 0.311 e. The van der Waals surface area contributed by atoms with Crippen LogP contribution in [0.3, 0.4) is 0 Å². The number of nitrogens with one attached hydrogen (secondary N) is 1. The summed E-state index contributed by atoms with van der Waals surface area (Å²) in [6.45, 7) is 0.904. The third-order valence-electron chi connectivity index (χ3n) is 4.57. The van der Waals surface area contributed by atoms with Crippen molar-refractivity contribution in [3.05, 3.63) is 71.5 Å². The van der Waals surface area contributed by atoms with Crippen LogP contribution in [0.25, 0.3) is 0 Å². The number of likely N-dealkylation sites (tertiary alicyclic amines) is 1. The molecule has 0 bridgehead atoms. The molecule has 3 rings (SSSR count). The van der Waals surface area contributed by atoms with Gasteiger partial charge < -0.3 is 16.0 Å². The second-order valence-electron chi connectivity index (χ2n) is 6.57. The Bertz CT molecular complexity index is 764. The van der Waals surface area contributed by atoms with Crippen LogP contribution in [-0.4, -0.2) is 35.8 Å². The van der Waals surface area contributed by atoms with Crippen LogP contribution in [0.5, 0.6) is 0 Å². The van der Waals surface area contributed by atoms with Crippen molar-refractivity contribution >= 4 is 11.8 Å². The number of amides is 2. The summed E-state index contributed by atoms with van der Waals surface area (Å²) in [5.74, 6) is -1.51. The van der Waals surface area contributed by atoms with Crippen molar-refractivity contribution in [1.29, 1.82) is 0 Å². The van der Waals surface area contributed by atoms with E-state index in [1.54, 1.807) is 12.1 Å². The Hall–Kier alpha value is -2.73. The minimum absolute atomic E-state index is 0.0733. The maximum Gasteiger partial charge on any atom is 0.311 e. The molecule has 2 unspecified atom stereocenters. The van der Waals surface area contributed by atoms with Gasteiger partial charge >= 0.3 is 11.8 Å². The van der Waals surface area contributed by atoms with Crippen LogP contribution in [0, 0.1) is 5.82 Å². The molecule has 26 heavy (non-hydrogen) atoms. The Morgan fingerprint density at radius 3 is 2.46 bits per heavy atom. The Labute approximate surface area is 152 Å². The highest BCUT2D eigenvalue weighted by Crippen LogP contribution is 2.19. The number of halogens is 1. The maximum absolute atomic E-state index is 13.1. The summed E-state index contributed by atoms with van der Waals surface area (Å²) in [7, 11) is 0. The summed E-state index contributed by atoms with van der Waals surface area (Å²) in [5, 5.41) is 2.82. The lowest BCUT2D eigenvalue weighted by Crippen LogP contribution is -2.44. The zero-order valence-corrected chi connectivity index (χ0v) is 14.4. The molecule has 0 saturated carbocycles. The Morgan fingerprint density at radius 1 is 1.15 bits per heavy atom. The molecule has 2 atom stereocenters. The first-order valence-electron chi connectivity index (χ1n) is 8.67. The van der Waals surface area contributed by atoms with Crippen molar-refractivity contribution < 1.29 is 14.0 Å². The van der Waals surface area contributed by atoms with Gasteiger partial charge in [0.2, 0.25) is 0 Å². The molecule has 1 heterocycles. The SMILES string of the molecule is NC1CCN(C(=O)C(=O)NC(Cc2ccc(F)cc2)c2ccccc2)C1. The number of benzene rings is 2. The van der Waals surface area contributed by atoms with Crippen molar-refractivity contribution in [2.24, 2.45) is 5.73 Å². The van der Waals surface area contributed by atoms with E-state index in [0.717, 1.165) is 11.1 Å². The second-order valence-corrected chi connectivity index (χ2v) is 6.57. The highest BCUT2D eigenvalue weighted by atomic mass is 19.1. The van der Waals surface area contributed by atoms with Gasteiger partial charge in [-0.3, -0.25) is 9.59 Å². The third kappa shape index (κ3) is 4.46. The van der Waals surface area contributed by atoms with E-state index in [2.05, 4.69) is 5.32 Å². The Kier molecular flexibility index (Phi) is 5.63. The van der Waals surface area contributed by atoms with E-state index in [-0.39, 0.29) is 17.9 Å². The van der Waals surface area contributed by atoms with Gasteiger partial charge in [-0.25, -0.2) is 4.39 Å². The first-order chi connectivity index (χ1) is 12.5. The Morgan fingerprint density at radius 2 is 1.85 bits per heavy atom. The molecule has 136 valence electrons. The molecular formula is C20H22FN3O2. The number of nitrogens with two attached hydrogens (primary N) is 1. The first-order valence-corrected chi connectivity index (χ1v) is 8.67. The molecule has 2 amide bonds. The Balaban J connectivity index is 1.74. The average Bonchev–Trinajstić information content (AvgIpc) is 3.09. The van der Waals surface area contributed by atoms with Crippen LogP contribution in [0.1, 0.15) is 23.6 Å². The quantitative estimate of drug-likeness (QED) is 0.821. The van der Waals surface area contributed by atoms with E-state index in [0.29, 0.717) is 25.9 Å². The van der Waals surface area contributed by atoms with Crippen LogP contribution in [0.15, 0.2) is 54.6 Å². The molecule has 2 aromatic carbocycles. The molecule has 0 aromatic heterocycles. The van der Waals surface area contributed by atoms with E-state index in [1.807, 2.05) is 30.3 Å². The van der Waals surface area contributed by atoms with Gasteiger partial charge in [-0.1, -0.05) is 42.5 Å². The fraction of sp³-hybridized carbons (Fsp3) is 0.300. The van der Waals surface area contributed by atoms with Crippen LogP contribution in [-0.2, 0) is 16.0 Å². The normalized spacial score (nSPS) is 17.8. The van der Waals surface area contributed by atoms with Gasteiger partial charge in [0.25, 0.3) is 0 Å². The number of hydrogen-bond acceptors (Lipinski definition) is 3. The zero-order valence-electron chi connectivity index (χ0n) is 14.4. The highest BCUT2D eigenvalue weighted by Gasteiger charge is 2.29. The maximum atomic E-state index is 13.1. The standard InChI is InChI=1S/C20H22FN3O2/c21-16-8-6-14(7-9-16)12-18(15-4-2-1-3-5-15)23-19(25)20(26)24-11-10-17(22)13-24/h1-9,17-18H,10-13,22H2,(H,23,25). The lowest BCUT2D eigenvalue weighted by molar-refractivity contribution is -0.145. The van der Waals surface area contributed by atoms with Gasteiger partial charge in [0.15, 0.2) is 0 Å². The molecule has 1 aliphatic rings. The molecule has 2 aromatic rings. The molecular weight excluding hydrogens is 333 g/mol. The summed E-state index contributed by atoms with van der Waals surface area (Å²) in [4.78, 5) is 26.3. The van der Waals surface area contributed by atoms with Crippen molar-refractivity contribution in [2.45, 2.75) is 24.9 Å². The summed E-state index contributed by atoms with van der Waals surface area (Å²) in [6.07, 6.45) is 1.17. The van der Waals surface area contributed by atoms with Crippen LogP contribution in [0.4, 0.5) is 4.39 Å². The summed E-state index contributed by atoms with van der Waals surface area (Å²) < 4.78 is 13.1. The number of nitrogens with zero attached hydrogens (tertiary/aromatic N) is 1. The predicted molar refractivity (Wildman–Crippen MR) is 96.6 cm³/mol. The largest absolute Gasteiger partial charge is 0.341 e. The van der Waals surface area contributed by atoms with E-state index in [4.69, 9.17) is 5.73 Å². The molecule has 0 aliphatic carbocycles. The molecule has 1 fully saturated rings. The summed E-state index contributed by atoms with van der Waals surface area (Å²) in [6, 6.07) is 15.1. The number of carbonyl (C=O) groups excluding carboxylic acids is 2. The molecule has 5 nitrogen and oxygen atoms in total. The summed E-state index contributed by atoms with van der Waals surface area (Å²) in [5.41, 5.74) is 7.57. The van der Waals surface area contributed by atoms with Crippen LogP contribution < -0.4 is 11.1 Å². The van der Waals surface area contributed by atoms with E-state index in [1.165, 1.54) is 17.0 Å². The molecule has 0 radical (unpaired) electrons. The monoisotopic (exact) mass is 355 g/mol. The summed E-state index contributed by atoms with van der Waals surface area (Å²) >= 11 is 0. The number of rotatable bonds is 4. The van der Waals surface area contributed by atoms with E-state index in [9.17, 15) is 14.0 Å². The van der Waals surface area contributed by atoms with Gasteiger partial charge in [0.05, 0.1) is 6.04 Å². The second kappa shape index (κ2) is 8.10. The first kappa shape index (κ1) is 18.1. The van der Waals surface area contributed by atoms with E-state index < -0.39 is 11.8 Å². The lowest BCUT2D eigenvalue weighted by Gasteiger charge is -2.21. The number of hydrogen-bond donors (Lipinski definition) is 2. The van der Waals surface area contributed by atoms with Gasteiger partial charge in [-0.15, -0.1) is 0 Å². The van der Waals surface area contributed by atoms with Gasteiger partial charge in [-0.05, 0) is 36.1 Å². The van der Waals surface area contributed by atoms with Crippen LogP contribution >= 0.6 is 0 Å². The highest BCUT2D eigenvalue weighted by molar-refractivity contribution is 6.35. The van der Waals surface area contributed by atoms with Crippen molar-refractivity contribution in [2.75, 3.05) is 13.1 Å².